The van der Waals surface area contributed by atoms with Crippen molar-refractivity contribution in [3.8, 4) is 0 Å². The molecule has 0 saturated heterocycles. The minimum atomic E-state index is -1.07. The highest BCUT2D eigenvalue weighted by molar-refractivity contribution is 7.95. The predicted molar refractivity (Wildman–Crippen MR) is 82.5 cm³/mol. The lowest BCUT2D eigenvalue weighted by Gasteiger charge is -2.05. The molecule has 2 aromatic rings. The molecule has 0 saturated carbocycles. The van der Waals surface area contributed by atoms with Crippen LogP contribution in [0.3, 0.4) is 0 Å². The molecule has 93 valence electrons. The van der Waals surface area contributed by atoms with E-state index in [1.807, 2.05) is 31.1 Å². The van der Waals surface area contributed by atoms with E-state index < -0.39 is 10.8 Å². The van der Waals surface area contributed by atoms with Crippen LogP contribution in [0, 0.1) is 6.92 Å². The van der Waals surface area contributed by atoms with Crippen LogP contribution in [-0.4, -0.2) is 11.5 Å². The largest absolute Gasteiger partial charge is 0.249 e. The molecule has 19 heavy (non-hydrogen) atoms. The van der Waals surface area contributed by atoms with Gasteiger partial charge in [0.1, 0.15) is 0 Å². The lowest BCUT2D eigenvalue weighted by molar-refractivity contribution is 0.689. The molecule has 0 aromatic heterocycles. The summed E-state index contributed by atoms with van der Waals surface area (Å²) in [5.41, 5.74) is 4.46. The summed E-state index contributed by atoms with van der Waals surface area (Å²) in [7, 11) is 0.980. The Morgan fingerprint density at radius 2 is 1.68 bits per heavy atom. The molecule has 1 unspecified atom stereocenters. The SMILES string of the molecule is C[B]C1=C(c2ccc(C)cc2)S(=O)c2ccccc21. The number of aryl methyl sites for hydroxylation is 1. The third-order valence-electron chi connectivity index (χ3n) is 3.41. The highest BCUT2D eigenvalue weighted by atomic mass is 32.2. The van der Waals surface area contributed by atoms with Crippen molar-refractivity contribution in [3.05, 3.63) is 65.2 Å². The van der Waals surface area contributed by atoms with E-state index in [1.54, 1.807) is 0 Å². The van der Waals surface area contributed by atoms with Crippen LogP contribution in [0.4, 0.5) is 0 Å². The molecule has 3 heteroatoms. The summed E-state index contributed by atoms with van der Waals surface area (Å²) >= 11 is 0. The van der Waals surface area contributed by atoms with Crippen molar-refractivity contribution < 1.29 is 4.21 Å². The third-order valence-corrected chi connectivity index (χ3v) is 4.99. The first-order valence-corrected chi connectivity index (χ1v) is 7.49. The van der Waals surface area contributed by atoms with E-state index in [9.17, 15) is 4.21 Å². The van der Waals surface area contributed by atoms with Gasteiger partial charge in [0.05, 0.1) is 15.7 Å². The van der Waals surface area contributed by atoms with Gasteiger partial charge in [-0.05, 0) is 24.1 Å². The minimum absolute atomic E-state index is 0.922. The van der Waals surface area contributed by atoms with Crippen molar-refractivity contribution in [1.29, 1.82) is 0 Å². The second-order valence-electron chi connectivity index (χ2n) is 4.66. The van der Waals surface area contributed by atoms with Crippen molar-refractivity contribution in [2.45, 2.75) is 18.6 Å². The van der Waals surface area contributed by atoms with E-state index >= 15 is 0 Å². The number of hydrogen-bond donors (Lipinski definition) is 0. The van der Waals surface area contributed by atoms with Gasteiger partial charge >= 0.3 is 0 Å². The van der Waals surface area contributed by atoms with Crippen LogP contribution in [0.1, 0.15) is 16.7 Å². The van der Waals surface area contributed by atoms with Crippen molar-refractivity contribution in [1.82, 2.24) is 0 Å². The Morgan fingerprint density at radius 1 is 1.00 bits per heavy atom. The van der Waals surface area contributed by atoms with E-state index in [4.69, 9.17) is 0 Å². The maximum atomic E-state index is 12.7. The maximum absolute atomic E-state index is 12.7. The van der Waals surface area contributed by atoms with Crippen LogP contribution in [0.2, 0.25) is 6.82 Å². The highest BCUT2D eigenvalue weighted by Crippen LogP contribution is 2.40. The van der Waals surface area contributed by atoms with Gasteiger partial charge in [0.15, 0.2) is 7.28 Å². The minimum Gasteiger partial charge on any atom is -0.249 e. The summed E-state index contributed by atoms with van der Waals surface area (Å²) in [4.78, 5) is 1.86. The average molecular weight is 265 g/mol. The monoisotopic (exact) mass is 265 g/mol. The number of benzene rings is 2. The first-order chi connectivity index (χ1) is 9.22. The van der Waals surface area contributed by atoms with Gasteiger partial charge in [0.25, 0.3) is 0 Å². The highest BCUT2D eigenvalue weighted by Gasteiger charge is 2.27. The Morgan fingerprint density at radius 3 is 2.37 bits per heavy atom. The molecule has 0 aliphatic carbocycles. The molecule has 0 fully saturated rings. The van der Waals surface area contributed by atoms with Gasteiger partial charge < -0.3 is 0 Å². The molecule has 1 aliphatic heterocycles. The Balaban J connectivity index is 2.20. The summed E-state index contributed by atoms with van der Waals surface area (Å²) in [5, 5.41) is 0. The van der Waals surface area contributed by atoms with Crippen molar-refractivity contribution in [2.75, 3.05) is 0 Å². The lowest BCUT2D eigenvalue weighted by atomic mass is 9.68. The van der Waals surface area contributed by atoms with Crippen LogP contribution in [0.5, 0.6) is 0 Å². The molecule has 1 aliphatic rings. The Labute approximate surface area is 117 Å². The van der Waals surface area contributed by atoms with E-state index in [-0.39, 0.29) is 0 Å². The zero-order valence-electron chi connectivity index (χ0n) is 11.0. The van der Waals surface area contributed by atoms with Crippen molar-refractivity contribution in [3.63, 3.8) is 0 Å². The molecule has 0 amide bonds. The second-order valence-corrected chi connectivity index (χ2v) is 6.05. The van der Waals surface area contributed by atoms with E-state index in [1.165, 1.54) is 5.56 Å². The van der Waals surface area contributed by atoms with Gasteiger partial charge in [0, 0.05) is 4.91 Å². The molecular weight excluding hydrogens is 251 g/mol. The van der Waals surface area contributed by atoms with E-state index in [0.717, 1.165) is 26.4 Å². The van der Waals surface area contributed by atoms with Crippen LogP contribution < -0.4 is 0 Å². The van der Waals surface area contributed by atoms with E-state index in [2.05, 4.69) is 38.5 Å². The first kappa shape index (κ1) is 12.4. The summed E-state index contributed by atoms with van der Waals surface area (Å²) < 4.78 is 12.7. The fourth-order valence-corrected chi connectivity index (χ4v) is 4.01. The zero-order chi connectivity index (χ0) is 13.4. The van der Waals surface area contributed by atoms with E-state index in [0.29, 0.717) is 0 Å². The van der Waals surface area contributed by atoms with Crippen molar-refractivity contribution in [2.24, 2.45) is 0 Å². The van der Waals surface area contributed by atoms with Crippen LogP contribution >= 0.6 is 0 Å². The maximum Gasteiger partial charge on any atom is 0.150 e. The number of rotatable bonds is 2. The Hall–Kier alpha value is -1.61. The van der Waals surface area contributed by atoms with Gasteiger partial charge in [-0.3, -0.25) is 0 Å². The van der Waals surface area contributed by atoms with Crippen LogP contribution in [0.25, 0.3) is 10.4 Å². The summed E-state index contributed by atoms with van der Waals surface area (Å²) in [6.45, 7) is 4.06. The smallest absolute Gasteiger partial charge is 0.150 e. The summed E-state index contributed by atoms with van der Waals surface area (Å²) in [6, 6.07) is 16.2. The van der Waals surface area contributed by atoms with Gasteiger partial charge in [-0.25, -0.2) is 4.21 Å². The molecular formula is C16H14BOS. The van der Waals surface area contributed by atoms with Gasteiger partial charge in [-0.2, -0.15) is 0 Å². The molecule has 0 bridgehead atoms. The molecule has 3 rings (SSSR count). The van der Waals surface area contributed by atoms with Crippen LogP contribution in [0.15, 0.2) is 53.4 Å². The molecule has 0 spiro atoms. The predicted octanol–water partition coefficient (Wildman–Crippen LogP) is 3.69. The standard InChI is InChI=1S/C16H14BOS/c1-11-7-9-12(10-8-11)16-15(17-2)13-5-3-4-6-14(13)19(16)18/h3-10H,1-2H3. The Bertz CT molecular complexity index is 686. The van der Waals surface area contributed by atoms with Gasteiger partial charge in [-0.1, -0.05) is 60.3 Å². The third kappa shape index (κ3) is 1.98. The number of fused-ring (bicyclic) bond motifs is 1. The molecule has 1 nitrogen and oxygen atoms in total. The zero-order valence-corrected chi connectivity index (χ0v) is 11.8. The quantitative estimate of drug-likeness (QED) is 0.757. The lowest BCUT2D eigenvalue weighted by Crippen LogP contribution is -1.93. The van der Waals surface area contributed by atoms with Gasteiger partial charge in [0.2, 0.25) is 0 Å². The molecule has 0 N–H and O–H groups in total. The van der Waals surface area contributed by atoms with Crippen molar-refractivity contribution >= 4 is 28.5 Å². The Kier molecular flexibility index (Phi) is 3.15. The topological polar surface area (TPSA) is 17.1 Å². The molecule has 2 aromatic carbocycles. The molecule has 1 heterocycles. The normalized spacial score (nSPS) is 17.5. The second kappa shape index (κ2) is 4.82. The molecule has 1 atom stereocenters. The average Bonchev–Trinajstić information content (AvgIpc) is 2.73. The van der Waals surface area contributed by atoms with Gasteiger partial charge in [-0.15, -0.1) is 0 Å². The summed E-state index contributed by atoms with van der Waals surface area (Å²) in [6.07, 6.45) is 0. The summed E-state index contributed by atoms with van der Waals surface area (Å²) in [5.74, 6) is 0. The van der Waals surface area contributed by atoms with Crippen LogP contribution in [-0.2, 0) is 10.8 Å². The first-order valence-electron chi connectivity index (χ1n) is 6.34. The molecule has 1 radical (unpaired) electrons. The number of hydrogen-bond acceptors (Lipinski definition) is 1. The fourth-order valence-electron chi connectivity index (χ4n) is 2.44. The fraction of sp³-hybridized carbons (Fsp3) is 0.125.